The van der Waals surface area contributed by atoms with Crippen LogP contribution in [0.4, 0.5) is 0 Å². The highest BCUT2D eigenvalue weighted by atomic mass is 79.9. The molecule has 0 bridgehead atoms. The lowest BCUT2D eigenvalue weighted by Gasteiger charge is -2.28. The summed E-state index contributed by atoms with van der Waals surface area (Å²) in [5.41, 5.74) is 7.99. The second-order valence-corrected chi connectivity index (χ2v) is 8.29. The number of methoxy groups -OCH3 is 1. The first-order chi connectivity index (χ1) is 14.4. The first-order valence-electron chi connectivity index (χ1n) is 9.71. The molecule has 0 amide bonds. The van der Waals surface area contributed by atoms with Crippen molar-refractivity contribution in [3.05, 3.63) is 67.4 Å². The minimum atomic E-state index is -0.634. The summed E-state index contributed by atoms with van der Waals surface area (Å²) in [5, 5.41) is 9.80. The van der Waals surface area contributed by atoms with Crippen molar-refractivity contribution < 1.29 is 14.2 Å². The van der Waals surface area contributed by atoms with Gasteiger partial charge in [0.1, 0.15) is 23.1 Å². The SMILES string of the molecule is COc1ccc([C@@H]2C(C#N)=C(N)Oc3cc(C)n(C[C@H]4CCCO4)c(=O)c32)cc1Br. The average Bonchev–Trinajstić information content (AvgIpc) is 3.23. The molecular formula is C22H22BrN3O4. The van der Waals surface area contributed by atoms with Crippen molar-refractivity contribution >= 4 is 15.9 Å². The fraction of sp³-hybridized carbons (Fsp3) is 0.364. The number of allylic oxidation sites excluding steroid dienone is 1. The summed E-state index contributed by atoms with van der Waals surface area (Å²) < 4.78 is 19.2. The first kappa shape index (κ1) is 20.5. The normalized spacial score (nSPS) is 20.5. The number of rotatable bonds is 4. The maximum Gasteiger partial charge on any atom is 0.258 e. The van der Waals surface area contributed by atoms with E-state index < -0.39 is 5.92 Å². The van der Waals surface area contributed by atoms with Gasteiger partial charge in [-0.15, -0.1) is 0 Å². The van der Waals surface area contributed by atoms with E-state index in [1.807, 2.05) is 19.1 Å². The number of hydrogen-bond acceptors (Lipinski definition) is 6. The number of ether oxygens (including phenoxy) is 3. The highest BCUT2D eigenvalue weighted by molar-refractivity contribution is 9.10. The van der Waals surface area contributed by atoms with Crippen molar-refractivity contribution in [3.8, 4) is 17.6 Å². The molecule has 7 nitrogen and oxygen atoms in total. The van der Waals surface area contributed by atoms with E-state index in [2.05, 4.69) is 22.0 Å². The van der Waals surface area contributed by atoms with Crippen molar-refractivity contribution in [2.75, 3.05) is 13.7 Å². The van der Waals surface area contributed by atoms with E-state index in [0.717, 1.165) is 28.6 Å². The first-order valence-corrected chi connectivity index (χ1v) is 10.5. The Balaban J connectivity index is 1.89. The summed E-state index contributed by atoms with van der Waals surface area (Å²) in [6.07, 6.45) is 1.92. The summed E-state index contributed by atoms with van der Waals surface area (Å²) in [6, 6.07) is 9.40. The molecule has 3 heterocycles. The molecule has 2 atom stereocenters. The number of nitrogens with zero attached hydrogens (tertiary/aromatic N) is 2. The molecule has 1 saturated heterocycles. The second kappa shape index (κ2) is 8.17. The molecule has 1 aromatic carbocycles. The van der Waals surface area contributed by atoms with Crippen molar-refractivity contribution in [1.82, 2.24) is 4.57 Å². The lowest BCUT2D eigenvalue weighted by atomic mass is 9.84. The predicted octanol–water partition coefficient (Wildman–Crippen LogP) is 3.33. The largest absolute Gasteiger partial charge is 0.496 e. The van der Waals surface area contributed by atoms with E-state index in [4.69, 9.17) is 19.9 Å². The van der Waals surface area contributed by atoms with Gasteiger partial charge in [-0.2, -0.15) is 5.26 Å². The standard InChI is InChI=1S/C22H22BrN3O4/c1-12-8-18-20(22(27)26(12)11-14-4-3-7-29-14)19(15(10-24)21(25)30-18)13-5-6-17(28-2)16(23)9-13/h5-6,8-9,14,19H,3-4,7,11,25H2,1-2H3/t14-,19-/m1/s1. The summed E-state index contributed by atoms with van der Waals surface area (Å²) in [4.78, 5) is 13.6. The van der Waals surface area contributed by atoms with Crippen LogP contribution in [-0.2, 0) is 11.3 Å². The van der Waals surface area contributed by atoms with Crippen LogP contribution in [-0.4, -0.2) is 24.4 Å². The molecule has 1 fully saturated rings. The molecule has 156 valence electrons. The van der Waals surface area contributed by atoms with E-state index in [1.165, 1.54) is 0 Å². The maximum absolute atomic E-state index is 13.6. The Morgan fingerprint density at radius 2 is 2.20 bits per heavy atom. The Morgan fingerprint density at radius 3 is 2.83 bits per heavy atom. The third-order valence-corrected chi connectivity index (χ3v) is 6.23. The molecule has 4 rings (SSSR count). The number of fused-ring (bicyclic) bond motifs is 1. The fourth-order valence-corrected chi connectivity index (χ4v) is 4.66. The van der Waals surface area contributed by atoms with E-state index >= 15 is 0 Å². The van der Waals surface area contributed by atoms with Crippen LogP contribution in [0.3, 0.4) is 0 Å². The second-order valence-electron chi connectivity index (χ2n) is 7.43. The zero-order chi connectivity index (χ0) is 21.4. The smallest absolute Gasteiger partial charge is 0.258 e. The third-order valence-electron chi connectivity index (χ3n) is 5.61. The predicted molar refractivity (Wildman–Crippen MR) is 114 cm³/mol. The van der Waals surface area contributed by atoms with E-state index in [-0.39, 0.29) is 23.1 Å². The fourth-order valence-electron chi connectivity index (χ4n) is 4.10. The van der Waals surface area contributed by atoms with E-state index in [1.54, 1.807) is 23.8 Å². The Morgan fingerprint density at radius 1 is 1.40 bits per heavy atom. The molecule has 2 aliphatic heterocycles. The minimum Gasteiger partial charge on any atom is -0.496 e. The van der Waals surface area contributed by atoms with Crippen molar-refractivity contribution in [2.45, 2.75) is 38.3 Å². The monoisotopic (exact) mass is 471 g/mol. The number of nitriles is 1. The highest BCUT2D eigenvalue weighted by Crippen LogP contribution is 2.42. The van der Waals surface area contributed by atoms with Crippen LogP contribution in [0.5, 0.6) is 11.5 Å². The zero-order valence-electron chi connectivity index (χ0n) is 16.8. The number of pyridine rings is 1. The van der Waals surface area contributed by atoms with Crippen LogP contribution < -0.4 is 20.8 Å². The molecule has 0 saturated carbocycles. The van der Waals surface area contributed by atoms with Gasteiger partial charge in [0, 0.05) is 18.4 Å². The Bertz CT molecular complexity index is 1130. The van der Waals surface area contributed by atoms with Gasteiger partial charge in [-0.05, 0) is 53.4 Å². The third kappa shape index (κ3) is 3.48. The zero-order valence-corrected chi connectivity index (χ0v) is 18.4. The molecular weight excluding hydrogens is 450 g/mol. The van der Waals surface area contributed by atoms with Gasteiger partial charge in [0.05, 0.1) is 35.7 Å². The average molecular weight is 472 g/mol. The lowest BCUT2D eigenvalue weighted by molar-refractivity contribution is 0.0955. The van der Waals surface area contributed by atoms with Gasteiger partial charge in [-0.1, -0.05) is 6.07 Å². The van der Waals surface area contributed by atoms with Gasteiger partial charge >= 0.3 is 0 Å². The molecule has 2 N–H and O–H groups in total. The van der Waals surface area contributed by atoms with Crippen molar-refractivity contribution in [2.24, 2.45) is 5.73 Å². The van der Waals surface area contributed by atoms with Gasteiger partial charge in [0.25, 0.3) is 5.56 Å². The molecule has 8 heteroatoms. The summed E-state index contributed by atoms with van der Waals surface area (Å²) in [7, 11) is 1.58. The molecule has 30 heavy (non-hydrogen) atoms. The minimum absolute atomic E-state index is 0.00795. The Kier molecular flexibility index (Phi) is 5.58. The number of aryl methyl sites for hydroxylation is 1. The molecule has 0 spiro atoms. The maximum atomic E-state index is 13.6. The number of benzene rings is 1. The Labute approximate surface area is 182 Å². The summed E-state index contributed by atoms with van der Waals surface area (Å²) in [5.74, 6) is 0.415. The quantitative estimate of drug-likeness (QED) is 0.733. The van der Waals surface area contributed by atoms with Crippen LogP contribution in [0, 0.1) is 18.3 Å². The topological polar surface area (TPSA) is 99.5 Å². The Hall–Kier alpha value is -2.76. The highest BCUT2D eigenvalue weighted by Gasteiger charge is 2.35. The number of halogens is 1. The molecule has 0 unspecified atom stereocenters. The van der Waals surface area contributed by atoms with Gasteiger partial charge in [-0.25, -0.2) is 0 Å². The van der Waals surface area contributed by atoms with Gasteiger partial charge < -0.3 is 24.5 Å². The molecule has 0 aliphatic carbocycles. The van der Waals surface area contributed by atoms with Gasteiger partial charge in [0.15, 0.2) is 0 Å². The molecule has 2 aliphatic rings. The van der Waals surface area contributed by atoms with Crippen molar-refractivity contribution in [3.63, 3.8) is 0 Å². The summed E-state index contributed by atoms with van der Waals surface area (Å²) in [6.45, 7) is 3.05. The van der Waals surface area contributed by atoms with Crippen molar-refractivity contribution in [1.29, 1.82) is 5.26 Å². The molecule has 2 aromatic rings. The molecule has 1 aromatic heterocycles. The summed E-state index contributed by atoms with van der Waals surface area (Å²) >= 11 is 3.49. The van der Waals surface area contributed by atoms with Gasteiger partial charge in [-0.3, -0.25) is 4.79 Å². The lowest BCUT2D eigenvalue weighted by Crippen LogP contribution is -2.35. The van der Waals surface area contributed by atoms with Crippen LogP contribution in [0.2, 0.25) is 0 Å². The number of nitrogens with two attached hydrogens (primary N) is 1. The van der Waals surface area contributed by atoms with E-state index in [9.17, 15) is 10.1 Å². The van der Waals surface area contributed by atoms with Crippen LogP contribution >= 0.6 is 15.9 Å². The molecule has 0 radical (unpaired) electrons. The van der Waals surface area contributed by atoms with Crippen LogP contribution in [0.25, 0.3) is 0 Å². The van der Waals surface area contributed by atoms with Gasteiger partial charge in [0.2, 0.25) is 5.88 Å². The van der Waals surface area contributed by atoms with Crippen LogP contribution in [0.15, 0.2) is 45.0 Å². The number of hydrogen-bond donors (Lipinski definition) is 1. The number of aromatic nitrogens is 1. The van der Waals surface area contributed by atoms with Crippen LogP contribution in [0.1, 0.15) is 35.6 Å². The van der Waals surface area contributed by atoms with E-state index in [0.29, 0.717) is 30.2 Å².